The van der Waals surface area contributed by atoms with E-state index in [4.69, 9.17) is 10.9 Å². The standard InChI is InChI=1S/C16H23N3O2/c1-10(2)14(15(17)19-21)16(20)18-13-8-7-11-5-3-4-6-12(11)9-13/h3-6,10,13-14,21H,7-9H2,1-2H3,(H2,17,19)(H,18,20). The first-order valence-corrected chi connectivity index (χ1v) is 7.37. The third-order valence-corrected chi connectivity index (χ3v) is 4.08. The number of aryl methyl sites for hydroxylation is 1. The molecule has 1 aromatic rings. The molecule has 0 bridgehead atoms. The van der Waals surface area contributed by atoms with Crippen molar-refractivity contribution in [2.45, 2.75) is 39.2 Å². The monoisotopic (exact) mass is 289 g/mol. The van der Waals surface area contributed by atoms with E-state index in [0.717, 1.165) is 19.3 Å². The molecule has 0 heterocycles. The fraction of sp³-hybridized carbons (Fsp3) is 0.500. The summed E-state index contributed by atoms with van der Waals surface area (Å²) in [6, 6.07) is 8.43. The van der Waals surface area contributed by atoms with Crippen LogP contribution in [0.2, 0.25) is 0 Å². The van der Waals surface area contributed by atoms with Gasteiger partial charge in [0.05, 0.1) is 0 Å². The zero-order chi connectivity index (χ0) is 15.4. The molecule has 2 rings (SSSR count). The Hall–Kier alpha value is -2.04. The van der Waals surface area contributed by atoms with Gasteiger partial charge in [0, 0.05) is 6.04 Å². The van der Waals surface area contributed by atoms with Crippen LogP contribution in [0.25, 0.3) is 0 Å². The third kappa shape index (κ3) is 3.54. The number of oxime groups is 1. The Balaban J connectivity index is 2.04. The lowest BCUT2D eigenvalue weighted by molar-refractivity contribution is -0.124. The number of hydrogen-bond acceptors (Lipinski definition) is 3. The largest absolute Gasteiger partial charge is 0.409 e. The van der Waals surface area contributed by atoms with Gasteiger partial charge in [0.1, 0.15) is 5.92 Å². The maximum atomic E-state index is 12.4. The zero-order valence-corrected chi connectivity index (χ0v) is 12.5. The SMILES string of the molecule is CC(C)C(C(=O)NC1CCc2ccccc2C1)C(N)=NO. The van der Waals surface area contributed by atoms with Crippen molar-refractivity contribution in [3.8, 4) is 0 Å². The van der Waals surface area contributed by atoms with Gasteiger partial charge in [-0.1, -0.05) is 43.3 Å². The summed E-state index contributed by atoms with van der Waals surface area (Å²) in [6.07, 6.45) is 2.73. The van der Waals surface area contributed by atoms with Gasteiger partial charge in [-0.2, -0.15) is 0 Å². The van der Waals surface area contributed by atoms with Crippen LogP contribution in [0, 0.1) is 11.8 Å². The van der Waals surface area contributed by atoms with Gasteiger partial charge >= 0.3 is 0 Å². The first-order chi connectivity index (χ1) is 10.0. The number of amidine groups is 1. The van der Waals surface area contributed by atoms with Crippen LogP contribution < -0.4 is 11.1 Å². The maximum Gasteiger partial charge on any atom is 0.231 e. The van der Waals surface area contributed by atoms with E-state index in [1.165, 1.54) is 11.1 Å². The summed E-state index contributed by atoms with van der Waals surface area (Å²) in [6.45, 7) is 3.77. The number of nitrogens with zero attached hydrogens (tertiary/aromatic N) is 1. The second-order valence-corrected chi connectivity index (χ2v) is 5.96. The van der Waals surface area contributed by atoms with E-state index in [-0.39, 0.29) is 23.7 Å². The number of amides is 1. The molecule has 21 heavy (non-hydrogen) atoms. The molecule has 0 saturated carbocycles. The molecule has 0 aromatic heterocycles. The Morgan fingerprint density at radius 3 is 2.67 bits per heavy atom. The molecule has 4 N–H and O–H groups in total. The van der Waals surface area contributed by atoms with Crippen LogP contribution >= 0.6 is 0 Å². The van der Waals surface area contributed by atoms with Gasteiger partial charge in [-0.3, -0.25) is 4.79 Å². The van der Waals surface area contributed by atoms with E-state index in [1.807, 2.05) is 26.0 Å². The predicted octanol–water partition coefficient (Wildman–Crippen LogP) is 1.68. The number of fused-ring (bicyclic) bond motifs is 1. The average molecular weight is 289 g/mol. The number of nitrogens with one attached hydrogen (secondary N) is 1. The van der Waals surface area contributed by atoms with Crippen molar-refractivity contribution >= 4 is 11.7 Å². The molecule has 2 unspecified atom stereocenters. The fourth-order valence-electron chi connectivity index (χ4n) is 2.95. The summed E-state index contributed by atoms with van der Waals surface area (Å²) in [4.78, 5) is 12.4. The van der Waals surface area contributed by atoms with Crippen LogP contribution in [0.5, 0.6) is 0 Å². The Bertz CT molecular complexity index is 540. The molecular weight excluding hydrogens is 266 g/mol. The summed E-state index contributed by atoms with van der Waals surface area (Å²) in [5.74, 6) is -0.799. The highest BCUT2D eigenvalue weighted by atomic mass is 16.4. The summed E-state index contributed by atoms with van der Waals surface area (Å²) in [5, 5.41) is 14.9. The second-order valence-electron chi connectivity index (χ2n) is 5.96. The van der Waals surface area contributed by atoms with E-state index < -0.39 is 5.92 Å². The molecule has 0 spiro atoms. The van der Waals surface area contributed by atoms with Crippen molar-refractivity contribution in [1.29, 1.82) is 0 Å². The van der Waals surface area contributed by atoms with Gasteiger partial charge in [0.15, 0.2) is 5.84 Å². The number of nitrogens with two attached hydrogens (primary N) is 1. The highest BCUT2D eigenvalue weighted by molar-refractivity contribution is 6.02. The fourth-order valence-corrected chi connectivity index (χ4v) is 2.95. The summed E-state index contributed by atoms with van der Waals surface area (Å²) in [5.41, 5.74) is 8.29. The third-order valence-electron chi connectivity index (χ3n) is 4.08. The number of hydrogen-bond donors (Lipinski definition) is 3. The topological polar surface area (TPSA) is 87.7 Å². The van der Waals surface area contributed by atoms with Crippen LogP contribution in [0.1, 0.15) is 31.4 Å². The second kappa shape index (κ2) is 6.61. The van der Waals surface area contributed by atoms with Crippen molar-refractivity contribution in [3.63, 3.8) is 0 Å². The van der Waals surface area contributed by atoms with Crippen LogP contribution in [0.15, 0.2) is 29.4 Å². The van der Waals surface area contributed by atoms with Crippen LogP contribution in [0.3, 0.4) is 0 Å². The van der Waals surface area contributed by atoms with Gasteiger partial charge in [-0.25, -0.2) is 0 Å². The Morgan fingerprint density at radius 1 is 1.38 bits per heavy atom. The molecule has 0 saturated heterocycles. The lowest BCUT2D eigenvalue weighted by atomic mass is 9.87. The Kier molecular flexibility index (Phi) is 4.83. The molecule has 1 aromatic carbocycles. The minimum atomic E-state index is -0.591. The maximum absolute atomic E-state index is 12.4. The lowest BCUT2D eigenvalue weighted by Gasteiger charge is -2.28. The molecule has 0 aliphatic heterocycles. The summed E-state index contributed by atoms with van der Waals surface area (Å²) < 4.78 is 0. The molecule has 0 radical (unpaired) electrons. The minimum Gasteiger partial charge on any atom is -0.409 e. The van der Waals surface area contributed by atoms with Gasteiger partial charge < -0.3 is 16.3 Å². The predicted molar refractivity (Wildman–Crippen MR) is 82.1 cm³/mol. The number of rotatable bonds is 4. The van der Waals surface area contributed by atoms with E-state index in [2.05, 4.69) is 22.6 Å². The molecule has 2 atom stereocenters. The molecule has 5 heteroatoms. The molecule has 114 valence electrons. The lowest BCUT2D eigenvalue weighted by Crippen LogP contribution is -2.47. The van der Waals surface area contributed by atoms with Crippen LogP contribution in [-0.2, 0) is 17.6 Å². The van der Waals surface area contributed by atoms with E-state index in [0.29, 0.717) is 0 Å². The normalized spacial score (nSPS) is 20.0. The minimum absolute atomic E-state index is 0.0169. The van der Waals surface area contributed by atoms with Gasteiger partial charge in [-0.05, 0) is 36.3 Å². The first-order valence-electron chi connectivity index (χ1n) is 7.37. The van der Waals surface area contributed by atoms with Crippen molar-refractivity contribution in [2.75, 3.05) is 0 Å². The molecular formula is C16H23N3O2. The Labute approximate surface area is 125 Å². The van der Waals surface area contributed by atoms with E-state index >= 15 is 0 Å². The van der Waals surface area contributed by atoms with Crippen molar-refractivity contribution < 1.29 is 10.0 Å². The molecule has 1 amide bonds. The van der Waals surface area contributed by atoms with E-state index in [1.54, 1.807) is 0 Å². The number of benzene rings is 1. The summed E-state index contributed by atoms with van der Waals surface area (Å²) in [7, 11) is 0. The number of carbonyl (C=O) groups is 1. The molecule has 0 fully saturated rings. The van der Waals surface area contributed by atoms with Crippen molar-refractivity contribution in [3.05, 3.63) is 35.4 Å². The molecule has 5 nitrogen and oxygen atoms in total. The van der Waals surface area contributed by atoms with Crippen molar-refractivity contribution in [2.24, 2.45) is 22.7 Å². The smallest absolute Gasteiger partial charge is 0.231 e. The zero-order valence-electron chi connectivity index (χ0n) is 12.5. The highest BCUT2D eigenvalue weighted by Crippen LogP contribution is 2.22. The summed E-state index contributed by atoms with van der Waals surface area (Å²) >= 11 is 0. The first kappa shape index (κ1) is 15.4. The Morgan fingerprint density at radius 2 is 2.05 bits per heavy atom. The average Bonchev–Trinajstić information content (AvgIpc) is 2.46. The highest BCUT2D eigenvalue weighted by Gasteiger charge is 2.29. The van der Waals surface area contributed by atoms with Crippen molar-refractivity contribution in [1.82, 2.24) is 5.32 Å². The van der Waals surface area contributed by atoms with Gasteiger partial charge in [-0.15, -0.1) is 0 Å². The molecule has 1 aliphatic carbocycles. The van der Waals surface area contributed by atoms with Gasteiger partial charge in [0.2, 0.25) is 5.91 Å². The van der Waals surface area contributed by atoms with Crippen LogP contribution in [-0.4, -0.2) is 23.0 Å². The molecule has 1 aliphatic rings. The van der Waals surface area contributed by atoms with E-state index in [9.17, 15) is 4.79 Å². The number of carbonyl (C=O) groups excluding carboxylic acids is 1. The van der Waals surface area contributed by atoms with Crippen LogP contribution in [0.4, 0.5) is 0 Å². The quantitative estimate of drug-likeness (QED) is 0.341. The van der Waals surface area contributed by atoms with Gasteiger partial charge in [0.25, 0.3) is 0 Å².